The van der Waals surface area contributed by atoms with Crippen molar-refractivity contribution in [3.05, 3.63) is 53.2 Å². The zero-order valence-corrected chi connectivity index (χ0v) is 11.2. The predicted octanol–water partition coefficient (Wildman–Crippen LogP) is 2.23. The van der Waals surface area contributed by atoms with Gasteiger partial charge in [0, 0.05) is 5.57 Å². The van der Waals surface area contributed by atoms with Crippen molar-refractivity contribution in [3.8, 4) is 0 Å². The molecule has 0 fully saturated rings. The molecule has 0 spiro atoms. The van der Waals surface area contributed by atoms with E-state index in [0.717, 1.165) is 5.56 Å². The fourth-order valence-electron chi connectivity index (χ4n) is 1.68. The number of halogens is 1. The number of nitrogens with one attached hydrogen (secondary N) is 1. The van der Waals surface area contributed by atoms with Gasteiger partial charge in [-0.1, -0.05) is 12.1 Å². The predicted molar refractivity (Wildman–Crippen MR) is 73.0 cm³/mol. The summed E-state index contributed by atoms with van der Waals surface area (Å²) in [6, 6.07) is 5.95. The number of hydrogen-bond donors (Lipinski definition) is 1. The summed E-state index contributed by atoms with van der Waals surface area (Å²) in [6.45, 7) is 3.01. The van der Waals surface area contributed by atoms with E-state index in [4.69, 9.17) is 9.47 Å². The molecule has 0 atom stereocenters. The molecule has 1 aromatic rings. The van der Waals surface area contributed by atoms with Crippen LogP contribution in [0.15, 0.2) is 41.9 Å². The first kappa shape index (κ1) is 14.1. The van der Waals surface area contributed by atoms with E-state index in [0.29, 0.717) is 24.5 Å². The van der Waals surface area contributed by atoms with Crippen LogP contribution in [-0.4, -0.2) is 25.7 Å². The van der Waals surface area contributed by atoms with Crippen molar-refractivity contribution >= 4 is 12.0 Å². The summed E-state index contributed by atoms with van der Waals surface area (Å²) >= 11 is 0. The highest BCUT2D eigenvalue weighted by molar-refractivity contribution is 5.97. The molecule has 0 unspecified atom stereocenters. The van der Waals surface area contributed by atoms with Gasteiger partial charge in [-0.05, 0) is 30.7 Å². The molecule has 0 radical (unpaired) electrons. The Labute approximate surface area is 116 Å². The molecule has 4 nitrogen and oxygen atoms in total. The van der Waals surface area contributed by atoms with Gasteiger partial charge in [0.2, 0.25) is 5.91 Å². The van der Waals surface area contributed by atoms with Crippen molar-refractivity contribution in [1.29, 1.82) is 0 Å². The number of rotatable bonds is 4. The average molecular weight is 277 g/mol. The minimum Gasteiger partial charge on any atom is -0.494 e. The van der Waals surface area contributed by atoms with Crippen molar-refractivity contribution in [2.45, 2.75) is 6.92 Å². The van der Waals surface area contributed by atoms with Crippen LogP contribution in [0.2, 0.25) is 0 Å². The third kappa shape index (κ3) is 4.12. The molecule has 106 valence electrons. The Morgan fingerprint density at radius 1 is 1.35 bits per heavy atom. The van der Waals surface area contributed by atoms with Gasteiger partial charge in [-0.2, -0.15) is 0 Å². The molecular formula is C15H16FNO3. The Morgan fingerprint density at radius 2 is 2.10 bits per heavy atom. The smallest absolute Gasteiger partial charge is 0.247 e. The summed E-state index contributed by atoms with van der Waals surface area (Å²) < 4.78 is 23.2. The quantitative estimate of drug-likeness (QED) is 0.859. The van der Waals surface area contributed by atoms with Crippen LogP contribution in [0.5, 0.6) is 0 Å². The van der Waals surface area contributed by atoms with Gasteiger partial charge in [-0.3, -0.25) is 4.79 Å². The van der Waals surface area contributed by atoms with Gasteiger partial charge < -0.3 is 14.8 Å². The molecule has 20 heavy (non-hydrogen) atoms. The van der Waals surface area contributed by atoms with Gasteiger partial charge >= 0.3 is 0 Å². The molecule has 2 rings (SSSR count). The van der Waals surface area contributed by atoms with Crippen molar-refractivity contribution in [3.63, 3.8) is 0 Å². The van der Waals surface area contributed by atoms with Crippen LogP contribution in [0, 0.1) is 5.82 Å². The fourth-order valence-corrected chi connectivity index (χ4v) is 1.68. The lowest BCUT2D eigenvalue weighted by atomic mass is 10.1. The number of benzene rings is 1. The summed E-state index contributed by atoms with van der Waals surface area (Å²) in [5, 5.41) is 2.73. The van der Waals surface area contributed by atoms with E-state index >= 15 is 0 Å². The minimum absolute atomic E-state index is 0.204. The zero-order valence-electron chi connectivity index (χ0n) is 11.2. The number of amides is 1. The monoisotopic (exact) mass is 277 g/mol. The highest BCUT2D eigenvalue weighted by Crippen LogP contribution is 2.09. The largest absolute Gasteiger partial charge is 0.494 e. The van der Waals surface area contributed by atoms with Crippen LogP contribution in [0.3, 0.4) is 0 Å². The number of carbonyl (C=O) groups is 1. The maximum absolute atomic E-state index is 12.8. The lowest BCUT2D eigenvalue weighted by Gasteiger charge is -2.15. The van der Waals surface area contributed by atoms with E-state index in [1.807, 2.05) is 0 Å². The lowest BCUT2D eigenvalue weighted by molar-refractivity contribution is -0.117. The average Bonchev–Trinajstić information content (AvgIpc) is 2.48. The Morgan fingerprint density at radius 3 is 2.75 bits per heavy atom. The zero-order chi connectivity index (χ0) is 14.4. The second kappa shape index (κ2) is 6.75. The summed E-state index contributed by atoms with van der Waals surface area (Å²) in [5.41, 5.74) is 1.31. The summed E-state index contributed by atoms with van der Waals surface area (Å²) in [6.07, 6.45) is 3.20. The van der Waals surface area contributed by atoms with Crippen LogP contribution < -0.4 is 5.32 Å². The van der Waals surface area contributed by atoms with Gasteiger partial charge in [-0.25, -0.2) is 4.39 Å². The summed E-state index contributed by atoms with van der Waals surface area (Å²) in [7, 11) is 0. The lowest BCUT2D eigenvalue weighted by Crippen LogP contribution is -2.28. The molecular weight excluding hydrogens is 261 g/mol. The van der Waals surface area contributed by atoms with Crippen molar-refractivity contribution in [1.82, 2.24) is 5.32 Å². The first-order valence-electron chi connectivity index (χ1n) is 6.30. The Bertz CT molecular complexity index is 535. The minimum atomic E-state index is -0.300. The molecule has 0 bridgehead atoms. The van der Waals surface area contributed by atoms with Gasteiger partial charge in [0.15, 0.2) is 0 Å². The van der Waals surface area contributed by atoms with E-state index < -0.39 is 0 Å². The van der Waals surface area contributed by atoms with E-state index in [-0.39, 0.29) is 18.3 Å². The number of carbonyl (C=O) groups excluding carboxylic acids is 1. The standard InChI is InChI=1S/C15H16FNO3/c1-11(8-12-2-4-13(16)5-3-12)15(18)17-9-14-10-19-6-7-20-14/h2-5,8,10H,6-7,9H2,1H3,(H,17,18)/b11-8+. The van der Waals surface area contributed by atoms with E-state index in [1.165, 1.54) is 18.4 Å². The normalized spacial score (nSPS) is 14.9. The molecule has 5 heteroatoms. The third-order valence-electron chi connectivity index (χ3n) is 2.74. The third-order valence-corrected chi connectivity index (χ3v) is 2.74. The molecule has 0 aliphatic carbocycles. The van der Waals surface area contributed by atoms with Crippen molar-refractivity contribution in [2.24, 2.45) is 0 Å². The topological polar surface area (TPSA) is 47.6 Å². The molecule has 0 saturated carbocycles. The molecule has 1 heterocycles. The Balaban J connectivity index is 1.91. The molecule has 1 amide bonds. The van der Waals surface area contributed by atoms with E-state index in [1.54, 1.807) is 25.1 Å². The van der Waals surface area contributed by atoms with E-state index in [9.17, 15) is 9.18 Å². The fraction of sp³-hybridized carbons (Fsp3) is 0.267. The van der Waals surface area contributed by atoms with Crippen LogP contribution in [-0.2, 0) is 14.3 Å². The molecule has 1 aliphatic rings. The van der Waals surface area contributed by atoms with Crippen molar-refractivity contribution < 1.29 is 18.7 Å². The van der Waals surface area contributed by atoms with Gasteiger partial charge in [0.1, 0.15) is 31.1 Å². The van der Waals surface area contributed by atoms with Crippen LogP contribution in [0.25, 0.3) is 6.08 Å². The van der Waals surface area contributed by atoms with Gasteiger partial charge in [-0.15, -0.1) is 0 Å². The van der Waals surface area contributed by atoms with Gasteiger partial charge in [0.05, 0.1) is 6.54 Å². The van der Waals surface area contributed by atoms with Crippen molar-refractivity contribution in [2.75, 3.05) is 19.8 Å². The van der Waals surface area contributed by atoms with Crippen LogP contribution >= 0.6 is 0 Å². The highest BCUT2D eigenvalue weighted by atomic mass is 19.1. The molecule has 1 aromatic carbocycles. The summed E-state index contributed by atoms with van der Waals surface area (Å²) in [4.78, 5) is 11.9. The van der Waals surface area contributed by atoms with Gasteiger partial charge in [0.25, 0.3) is 0 Å². The van der Waals surface area contributed by atoms with E-state index in [2.05, 4.69) is 5.32 Å². The summed E-state index contributed by atoms with van der Waals surface area (Å²) in [5.74, 6) is 0.0919. The second-order valence-electron chi connectivity index (χ2n) is 4.36. The first-order chi connectivity index (χ1) is 9.65. The molecule has 0 aromatic heterocycles. The molecule has 1 N–H and O–H groups in total. The number of ether oxygens (including phenoxy) is 2. The molecule has 1 aliphatic heterocycles. The Kier molecular flexibility index (Phi) is 4.76. The number of hydrogen-bond acceptors (Lipinski definition) is 3. The maximum atomic E-state index is 12.8. The highest BCUT2D eigenvalue weighted by Gasteiger charge is 2.08. The maximum Gasteiger partial charge on any atom is 0.247 e. The molecule has 0 saturated heterocycles. The van der Waals surface area contributed by atoms with Crippen LogP contribution in [0.4, 0.5) is 4.39 Å². The van der Waals surface area contributed by atoms with Crippen LogP contribution in [0.1, 0.15) is 12.5 Å². The Hall–Kier alpha value is -2.30. The SMILES string of the molecule is C/C(=C\c1ccc(F)cc1)C(=O)NCC1=COCCO1. The second-order valence-corrected chi connectivity index (χ2v) is 4.36. The first-order valence-corrected chi connectivity index (χ1v) is 6.30.